The van der Waals surface area contributed by atoms with Gasteiger partial charge in [-0.1, -0.05) is 6.92 Å². The Morgan fingerprint density at radius 1 is 1.42 bits per heavy atom. The van der Waals surface area contributed by atoms with Crippen LogP contribution in [0, 0.1) is 0 Å². The molecule has 1 atom stereocenters. The lowest BCUT2D eigenvalue weighted by Gasteiger charge is -2.25. The number of ether oxygens (including phenoxy) is 1. The minimum Gasteiger partial charge on any atom is -0.477 e. The van der Waals surface area contributed by atoms with Crippen molar-refractivity contribution in [2.75, 3.05) is 31.1 Å². The monoisotopic (exact) mass is 264 g/mol. The molecular weight excluding hydrogens is 240 g/mol. The first-order valence-corrected chi connectivity index (χ1v) is 7.27. The topological polar surface area (TPSA) is 50.3 Å². The van der Waals surface area contributed by atoms with E-state index in [2.05, 4.69) is 27.1 Å². The molecule has 1 fully saturated rings. The zero-order valence-corrected chi connectivity index (χ0v) is 11.9. The molecule has 106 valence electrons. The lowest BCUT2D eigenvalue weighted by Crippen LogP contribution is -2.38. The fourth-order valence-corrected chi connectivity index (χ4v) is 2.49. The zero-order valence-electron chi connectivity index (χ0n) is 11.9. The third kappa shape index (κ3) is 3.80. The molecule has 19 heavy (non-hydrogen) atoms. The summed E-state index contributed by atoms with van der Waals surface area (Å²) in [5, 5.41) is 3.50. The highest BCUT2D eigenvalue weighted by molar-refractivity contribution is 5.40. The Balaban J connectivity index is 2.00. The molecule has 1 aromatic rings. The van der Waals surface area contributed by atoms with E-state index in [1.165, 1.54) is 19.3 Å². The van der Waals surface area contributed by atoms with Gasteiger partial charge in [0.05, 0.1) is 19.0 Å². The second kappa shape index (κ2) is 7.28. The number of nitrogens with one attached hydrogen (secondary N) is 1. The molecule has 0 radical (unpaired) electrons. The molecule has 1 saturated heterocycles. The van der Waals surface area contributed by atoms with E-state index >= 15 is 0 Å². The predicted octanol–water partition coefficient (Wildman–Crippen LogP) is 1.84. The van der Waals surface area contributed by atoms with E-state index in [4.69, 9.17) is 4.74 Å². The molecule has 0 bridgehead atoms. The molecule has 0 aromatic carbocycles. The summed E-state index contributed by atoms with van der Waals surface area (Å²) in [5.74, 6) is 1.55. The second-order valence-corrected chi connectivity index (χ2v) is 4.84. The van der Waals surface area contributed by atoms with Crippen LogP contribution >= 0.6 is 0 Å². The number of rotatable bonds is 7. The lowest BCUT2D eigenvalue weighted by atomic mass is 10.2. The molecule has 2 rings (SSSR count). The number of nitrogens with zero attached hydrogens (tertiary/aromatic N) is 3. The van der Waals surface area contributed by atoms with Crippen LogP contribution < -0.4 is 15.0 Å². The SMILES string of the molecule is CCCNCC1CCCN1c1cncc(OCC)n1. The van der Waals surface area contributed by atoms with Crippen LogP contribution in [0.15, 0.2) is 12.4 Å². The molecule has 5 nitrogen and oxygen atoms in total. The van der Waals surface area contributed by atoms with Gasteiger partial charge in [-0.05, 0) is 32.7 Å². The molecule has 0 aliphatic carbocycles. The Kier molecular flexibility index (Phi) is 5.39. The van der Waals surface area contributed by atoms with Crippen LogP contribution in [-0.2, 0) is 0 Å². The summed E-state index contributed by atoms with van der Waals surface area (Å²) in [5.41, 5.74) is 0. The maximum absolute atomic E-state index is 5.42. The third-order valence-corrected chi connectivity index (χ3v) is 3.37. The fraction of sp³-hybridized carbons (Fsp3) is 0.714. The highest BCUT2D eigenvalue weighted by atomic mass is 16.5. The smallest absolute Gasteiger partial charge is 0.234 e. The zero-order chi connectivity index (χ0) is 13.5. The Bertz CT molecular complexity index is 385. The Morgan fingerprint density at radius 3 is 3.11 bits per heavy atom. The molecule has 5 heteroatoms. The molecule has 0 amide bonds. The average Bonchev–Trinajstić information content (AvgIpc) is 2.88. The van der Waals surface area contributed by atoms with Crippen LogP contribution in [0.25, 0.3) is 0 Å². The molecule has 0 saturated carbocycles. The minimum atomic E-state index is 0.526. The van der Waals surface area contributed by atoms with E-state index in [1.807, 2.05) is 13.1 Å². The van der Waals surface area contributed by atoms with E-state index in [0.717, 1.165) is 25.5 Å². The van der Waals surface area contributed by atoms with Crippen molar-refractivity contribution in [3.63, 3.8) is 0 Å². The van der Waals surface area contributed by atoms with Gasteiger partial charge in [-0.25, -0.2) is 0 Å². The van der Waals surface area contributed by atoms with Gasteiger partial charge in [0, 0.05) is 19.1 Å². The maximum atomic E-state index is 5.42. The van der Waals surface area contributed by atoms with Crippen molar-refractivity contribution >= 4 is 5.82 Å². The highest BCUT2D eigenvalue weighted by Crippen LogP contribution is 2.24. The van der Waals surface area contributed by atoms with E-state index < -0.39 is 0 Å². The number of aromatic nitrogens is 2. The van der Waals surface area contributed by atoms with E-state index in [1.54, 1.807) is 6.20 Å². The minimum absolute atomic E-state index is 0.526. The predicted molar refractivity (Wildman–Crippen MR) is 76.7 cm³/mol. The standard InChI is InChI=1S/C14H24N4O/c1-3-7-15-9-12-6-5-8-18(12)13-10-16-11-14(17-13)19-4-2/h10-12,15H,3-9H2,1-2H3. The van der Waals surface area contributed by atoms with Crippen molar-refractivity contribution in [2.45, 2.75) is 39.2 Å². The van der Waals surface area contributed by atoms with Crippen LogP contribution in [0.4, 0.5) is 5.82 Å². The fourth-order valence-electron chi connectivity index (χ4n) is 2.49. The van der Waals surface area contributed by atoms with Gasteiger partial charge in [0.2, 0.25) is 5.88 Å². The van der Waals surface area contributed by atoms with Gasteiger partial charge in [-0.15, -0.1) is 0 Å². The average molecular weight is 264 g/mol. The maximum Gasteiger partial charge on any atom is 0.234 e. The number of anilines is 1. The van der Waals surface area contributed by atoms with Crippen molar-refractivity contribution in [3.8, 4) is 5.88 Å². The van der Waals surface area contributed by atoms with E-state index in [-0.39, 0.29) is 0 Å². The lowest BCUT2D eigenvalue weighted by molar-refractivity contribution is 0.325. The first-order chi connectivity index (χ1) is 9.35. The van der Waals surface area contributed by atoms with Gasteiger partial charge in [0.25, 0.3) is 0 Å². The van der Waals surface area contributed by atoms with Crippen LogP contribution in [0.2, 0.25) is 0 Å². The first kappa shape index (κ1) is 14.1. The molecule has 0 spiro atoms. The third-order valence-electron chi connectivity index (χ3n) is 3.37. The molecule has 1 N–H and O–H groups in total. The van der Waals surface area contributed by atoms with Crippen molar-refractivity contribution in [1.82, 2.24) is 15.3 Å². The van der Waals surface area contributed by atoms with E-state index in [0.29, 0.717) is 18.5 Å². The largest absolute Gasteiger partial charge is 0.477 e. The summed E-state index contributed by atoms with van der Waals surface area (Å²) in [6.45, 7) is 7.93. The van der Waals surface area contributed by atoms with Crippen LogP contribution in [-0.4, -0.2) is 42.3 Å². The van der Waals surface area contributed by atoms with Crippen LogP contribution in [0.5, 0.6) is 5.88 Å². The van der Waals surface area contributed by atoms with Gasteiger partial charge in [-0.3, -0.25) is 4.98 Å². The van der Waals surface area contributed by atoms with Crippen molar-refractivity contribution in [2.24, 2.45) is 0 Å². The summed E-state index contributed by atoms with van der Waals surface area (Å²) in [6, 6.07) is 0.526. The second-order valence-electron chi connectivity index (χ2n) is 4.84. The summed E-state index contributed by atoms with van der Waals surface area (Å²) in [7, 11) is 0. The van der Waals surface area contributed by atoms with Gasteiger partial charge in [0.1, 0.15) is 0 Å². The summed E-state index contributed by atoms with van der Waals surface area (Å²) >= 11 is 0. The Hall–Kier alpha value is -1.36. The number of hydrogen-bond acceptors (Lipinski definition) is 5. The van der Waals surface area contributed by atoms with Crippen LogP contribution in [0.3, 0.4) is 0 Å². The summed E-state index contributed by atoms with van der Waals surface area (Å²) in [4.78, 5) is 11.1. The Morgan fingerprint density at radius 2 is 2.32 bits per heavy atom. The van der Waals surface area contributed by atoms with Crippen LogP contribution in [0.1, 0.15) is 33.1 Å². The molecular formula is C14H24N4O. The van der Waals surface area contributed by atoms with Crippen molar-refractivity contribution in [3.05, 3.63) is 12.4 Å². The number of hydrogen-bond donors (Lipinski definition) is 1. The van der Waals surface area contributed by atoms with Crippen molar-refractivity contribution < 1.29 is 4.74 Å². The highest BCUT2D eigenvalue weighted by Gasteiger charge is 2.25. The van der Waals surface area contributed by atoms with Gasteiger partial charge >= 0.3 is 0 Å². The van der Waals surface area contributed by atoms with Gasteiger partial charge < -0.3 is 15.0 Å². The van der Waals surface area contributed by atoms with Crippen molar-refractivity contribution in [1.29, 1.82) is 0 Å². The van der Waals surface area contributed by atoms with Gasteiger partial charge in [0.15, 0.2) is 5.82 Å². The van der Waals surface area contributed by atoms with E-state index in [9.17, 15) is 0 Å². The molecule has 2 heterocycles. The quantitative estimate of drug-likeness (QED) is 0.762. The molecule has 1 unspecified atom stereocenters. The normalized spacial score (nSPS) is 18.8. The Labute approximate surface area is 115 Å². The van der Waals surface area contributed by atoms with Gasteiger partial charge in [-0.2, -0.15) is 4.98 Å². The molecule has 1 aliphatic heterocycles. The first-order valence-electron chi connectivity index (χ1n) is 7.27. The molecule has 1 aromatic heterocycles. The summed E-state index contributed by atoms with van der Waals surface area (Å²) in [6.07, 6.45) is 7.12. The summed E-state index contributed by atoms with van der Waals surface area (Å²) < 4.78 is 5.42. The molecule has 1 aliphatic rings.